The average molecular weight is 452 g/mol. The summed E-state index contributed by atoms with van der Waals surface area (Å²) in [5.41, 5.74) is 5.82. The number of carbonyl (C=O) groups is 2. The molecule has 0 unspecified atom stereocenters. The average Bonchev–Trinajstić information content (AvgIpc) is 3.15. The van der Waals surface area contributed by atoms with Crippen LogP contribution in [-0.4, -0.2) is 24.6 Å². The lowest BCUT2D eigenvalue weighted by Gasteiger charge is -2.13. The highest BCUT2D eigenvalue weighted by Crippen LogP contribution is 2.30. The number of fused-ring (bicyclic) bond motifs is 1. The van der Waals surface area contributed by atoms with Gasteiger partial charge in [-0.25, -0.2) is 5.43 Å². The van der Waals surface area contributed by atoms with E-state index < -0.39 is 0 Å². The van der Waals surface area contributed by atoms with Crippen LogP contribution < -0.4 is 15.5 Å². The molecule has 0 radical (unpaired) electrons. The Bertz CT molecular complexity index is 1200. The van der Waals surface area contributed by atoms with Crippen molar-refractivity contribution in [2.24, 2.45) is 5.10 Å². The number of aryl methyl sites for hydroxylation is 1. The topological polar surface area (TPSA) is 92.9 Å². The number of hydrazone groups is 1. The van der Waals surface area contributed by atoms with Gasteiger partial charge in [-0.15, -0.1) is 0 Å². The maximum atomic E-state index is 12.9. The van der Waals surface area contributed by atoms with Crippen molar-refractivity contribution in [2.45, 2.75) is 26.2 Å². The van der Waals surface area contributed by atoms with Gasteiger partial charge in [0.15, 0.2) is 5.76 Å². The minimum atomic E-state index is -0.352. The molecule has 3 aromatic rings. The molecule has 0 aliphatic heterocycles. The zero-order chi connectivity index (χ0) is 22.7. The molecule has 4 rings (SSSR count). The molecule has 1 heterocycles. The Labute approximate surface area is 190 Å². The van der Waals surface area contributed by atoms with Crippen molar-refractivity contribution in [1.29, 1.82) is 0 Å². The highest BCUT2D eigenvalue weighted by atomic mass is 35.5. The fraction of sp³-hybridized carbons (Fsp3) is 0.208. The molecule has 164 valence electrons. The van der Waals surface area contributed by atoms with E-state index in [4.69, 9.17) is 20.8 Å². The lowest BCUT2D eigenvalue weighted by atomic mass is 9.93. The van der Waals surface area contributed by atoms with Crippen molar-refractivity contribution in [3.8, 4) is 5.75 Å². The first-order valence-electron chi connectivity index (χ1n) is 10.2. The van der Waals surface area contributed by atoms with E-state index in [1.54, 1.807) is 55.6 Å². The molecule has 2 aromatic carbocycles. The van der Waals surface area contributed by atoms with Crippen LogP contribution in [0.25, 0.3) is 0 Å². The zero-order valence-corrected chi connectivity index (χ0v) is 18.5. The van der Waals surface area contributed by atoms with Crippen molar-refractivity contribution in [3.05, 3.63) is 81.8 Å². The van der Waals surface area contributed by atoms with Crippen LogP contribution in [0.3, 0.4) is 0 Å². The second-order valence-corrected chi connectivity index (χ2v) is 7.84. The quantitative estimate of drug-likeness (QED) is 0.535. The number of hydrogen-bond acceptors (Lipinski definition) is 5. The molecule has 0 saturated heterocycles. The maximum absolute atomic E-state index is 12.9. The summed E-state index contributed by atoms with van der Waals surface area (Å²) in [6, 6.07) is 13.7. The zero-order valence-electron chi connectivity index (χ0n) is 17.7. The van der Waals surface area contributed by atoms with E-state index >= 15 is 0 Å². The molecule has 1 aromatic heterocycles. The monoisotopic (exact) mass is 451 g/mol. The molecule has 7 nitrogen and oxygen atoms in total. The highest BCUT2D eigenvalue weighted by Gasteiger charge is 2.28. The fourth-order valence-corrected chi connectivity index (χ4v) is 3.80. The van der Waals surface area contributed by atoms with Crippen LogP contribution in [0.4, 0.5) is 5.69 Å². The molecular formula is C24H22ClN3O4. The van der Waals surface area contributed by atoms with Crippen LogP contribution in [0.2, 0.25) is 5.02 Å². The van der Waals surface area contributed by atoms with Crippen LogP contribution in [0.5, 0.6) is 5.75 Å². The molecule has 2 amide bonds. The number of methoxy groups -OCH3 is 1. The first-order chi connectivity index (χ1) is 15.5. The van der Waals surface area contributed by atoms with Crippen molar-refractivity contribution >= 4 is 34.8 Å². The summed E-state index contributed by atoms with van der Waals surface area (Å²) < 4.78 is 11.1. The summed E-state index contributed by atoms with van der Waals surface area (Å²) in [6.07, 6.45) is 2.19. The maximum Gasteiger partial charge on any atom is 0.291 e. The molecule has 1 aliphatic rings. The van der Waals surface area contributed by atoms with E-state index in [2.05, 4.69) is 15.8 Å². The van der Waals surface area contributed by atoms with Gasteiger partial charge in [0.05, 0.1) is 12.8 Å². The number of nitrogens with one attached hydrogen (secondary N) is 2. The number of hydrogen-bond donors (Lipinski definition) is 2. The van der Waals surface area contributed by atoms with Gasteiger partial charge in [0.25, 0.3) is 11.8 Å². The van der Waals surface area contributed by atoms with E-state index in [0.29, 0.717) is 51.9 Å². The number of benzene rings is 2. The molecule has 0 bridgehead atoms. The Balaban J connectivity index is 1.55. The summed E-state index contributed by atoms with van der Waals surface area (Å²) in [5.74, 6) is 0.887. The molecule has 0 spiro atoms. The minimum Gasteiger partial charge on any atom is -0.497 e. The largest absolute Gasteiger partial charge is 0.497 e. The van der Waals surface area contributed by atoms with Gasteiger partial charge in [0.1, 0.15) is 11.5 Å². The van der Waals surface area contributed by atoms with Crippen LogP contribution >= 0.6 is 11.6 Å². The second-order valence-electron chi connectivity index (χ2n) is 7.40. The van der Waals surface area contributed by atoms with Crippen LogP contribution in [0.1, 0.15) is 50.6 Å². The lowest BCUT2D eigenvalue weighted by Crippen LogP contribution is -2.22. The summed E-state index contributed by atoms with van der Waals surface area (Å²) in [6.45, 7) is 1.82. The molecule has 2 N–H and O–H groups in total. The fourth-order valence-electron chi connectivity index (χ4n) is 3.67. The van der Waals surface area contributed by atoms with E-state index in [0.717, 1.165) is 12.0 Å². The van der Waals surface area contributed by atoms with Crippen molar-refractivity contribution in [2.75, 3.05) is 12.4 Å². The summed E-state index contributed by atoms with van der Waals surface area (Å²) in [5, 5.41) is 7.73. The van der Waals surface area contributed by atoms with Crippen molar-refractivity contribution in [1.82, 2.24) is 5.43 Å². The molecule has 0 saturated carbocycles. The van der Waals surface area contributed by atoms with Crippen LogP contribution in [-0.2, 0) is 6.42 Å². The molecule has 0 atom stereocenters. The summed E-state index contributed by atoms with van der Waals surface area (Å²) in [7, 11) is 1.57. The molecular weight excluding hydrogens is 430 g/mol. The molecule has 0 fully saturated rings. The predicted octanol–water partition coefficient (Wildman–Crippen LogP) is 4.97. The standard InChI is InChI=1S/C24H22ClN3O4/c1-14-21-19(27-28-23(29)15-9-11-16(25)12-10-15)7-4-8-20(21)32-22(14)24(30)26-17-5-3-6-18(13-17)31-2/h3,5-6,9-13H,4,7-8H2,1-2H3,(H,26,30)(H,28,29)/b27-19+. The number of nitrogens with zero attached hydrogens (tertiary/aromatic N) is 1. The third-order valence-electron chi connectivity index (χ3n) is 5.26. The van der Waals surface area contributed by atoms with Gasteiger partial charge < -0.3 is 14.5 Å². The predicted molar refractivity (Wildman–Crippen MR) is 123 cm³/mol. The Kier molecular flexibility index (Phi) is 6.28. The number of carbonyl (C=O) groups excluding carboxylic acids is 2. The number of rotatable bonds is 5. The van der Waals surface area contributed by atoms with Crippen LogP contribution in [0, 0.1) is 6.92 Å². The first kappa shape index (κ1) is 21.6. The Morgan fingerprint density at radius 1 is 1.09 bits per heavy atom. The Morgan fingerprint density at radius 3 is 2.62 bits per heavy atom. The van der Waals surface area contributed by atoms with Crippen LogP contribution in [0.15, 0.2) is 58.0 Å². The Hall–Kier alpha value is -3.58. The number of halogens is 1. The molecule has 8 heteroatoms. The van der Waals surface area contributed by atoms with E-state index in [1.165, 1.54) is 0 Å². The van der Waals surface area contributed by atoms with Gasteiger partial charge in [-0.3, -0.25) is 9.59 Å². The van der Waals surface area contributed by atoms with E-state index in [1.807, 2.05) is 6.92 Å². The summed E-state index contributed by atoms with van der Waals surface area (Å²) >= 11 is 5.87. The van der Waals surface area contributed by atoms with Gasteiger partial charge in [-0.2, -0.15) is 5.10 Å². The Morgan fingerprint density at radius 2 is 1.88 bits per heavy atom. The third kappa shape index (κ3) is 4.53. The van der Waals surface area contributed by atoms with E-state index in [-0.39, 0.29) is 17.6 Å². The third-order valence-corrected chi connectivity index (χ3v) is 5.51. The van der Waals surface area contributed by atoms with E-state index in [9.17, 15) is 9.59 Å². The summed E-state index contributed by atoms with van der Waals surface area (Å²) in [4.78, 5) is 25.3. The smallest absolute Gasteiger partial charge is 0.291 e. The number of amides is 2. The van der Waals surface area contributed by atoms with Crippen molar-refractivity contribution < 1.29 is 18.7 Å². The number of ether oxygens (including phenoxy) is 1. The van der Waals surface area contributed by atoms with Crippen molar-refractivity contribution in [3.63, 3.8) is 0 Å². The molecule has 1 aliphatic carbocycles. The highest BCUT2D eigenvalue weighted by molar-refractivity contribution is 6.30. The van der Waals surface area contributed by atoms with Gasteiger partial charge >= 0.3 is 0 Å². The van der Waals surface area contributed by atoms with Gasteiger partial charge in [0, 0.05) is 39.9 Å². The molecule has 32 heavy (non-hydrogen) atoms. The number of anilines is 1. The lowest BCUT2D eigenvalue weighted by molar-refractivity contribution is 0.0953. The van der Waals surface area contributed by atoms with Gasteiger partial charge in [-0.1, -0.05) is 17.7 Å². The first-order valence-corrected chi connectivity index (χ1v) is 10.5. The minimum absolute atomic E-state index is 0.233. The van der Waals surface area contributed by atoms with Gasteiger partial charge in [-0.05, 0) is 56.2 Å². The van der Waals surface area contributed by atoms with Gasteiger partial charge in [0.2, 0.25) is 0 Å². The number of furan rings is 1. The normalized spacial score (nSPS) is 14.0. The SMILES string of the molecule is COc1cccc(NC(=O)c2oc3c(c2C)/C(=N/NC(=O)c2ccc(Cl)cc2)CCC3)c1. The second kappa shape index (κ2) is 9.28.